The Bertz CT molecular complexity index is 175. The molecule has 1 heteroatoms. The monoisotopic (exact) mass is 154 g/mol. The van der Waals surface area contributed by atoms with E-state index in [4.69, 9.17) is 0 Å². The molecule has 0 atom stereocenters. The lowest BCUT2D eigenvalue weighted by Crippen LogP contribution is -1.78. The molecule has 62 valence electrons. The van der Waals surface area contributed by atoms with E-state index < -0.39 is 0 Å². The molecule has 0 aliphatic heterocycles. The highest BCUT2D eigenvalue weighted by atomic mass is 19.1. The summed E-state index contributed by atoms with van der Waals surface area (Å²) in [5.41, 5.74) is 1.12. The SMILES string of the molecule is C=C(F)C/C(C)=C/CC1CC1. The van der Waals surface area contributed by atoms with Crippen LogP contribution in [0.4, 0.5) is 4.39 Å². The van der Waals surface area contributed by atoms with Crippen LogP contribution in [0, 0.1) is 5.92 Å². The molecule has 0 amide bonds. The Morgan fingerprint density at radius 1 is 1.64 bits per heavy atom. The second kappa shape index (κ2) is 3.70. The molecule has 0 spiro atoms. The van der Waals surface area contributed by atoms with E-state index in [-0.39, 0.29) is 5.83 Å². The van der Waals surface area contributed by atoms with E-state index in [0.29, 0.717) is 6.42 Å². The molecule has 0 aromatic heterocycles. The quantitative estimate of drug-likeness (QED) is 0.543. The van der Waals surface area contributed by atoms with Crippen molar-refractivity contribution in [1.29, 1.82) is 0 Å². The van der Waals surface area contributed by atoms with E-state index >= 15 is 0 Å². The molecule has 0 nitrogen and oxygen atoms in total. The van der Waals surface area contributed by atoms with Gasteiger partial charge in [-0.25, -0.2) is 4.39 Å². The van der Waals surface area contributed by atoms with Crippen molar-refractivity contribution in [3.8, 4) is 0 Å². The normalized spacial score (nSPS) is 18.5. The van der Waals surface area contributed by atoms with Crippen LogP contribution in [-0.2, 0) is 0 Å². The van der Waals surface area contributed by atoms with Crippen molar-refractivity contribution in [2.45, 2.75) is 32.6 Å². The zero-order valence-corrected chi connectivity index (χ0v) is 7.07. The van der Waals surface area contributed by atoms with Gasteiger partial charge >= 0.3 is 0 Å². The highest BCUT2D eigenvalue weighted by molar-refractivity contribution is 5.07. The summed E-state index contributed by atoms with van der Waals surface area (Å²) in [6.07, 6.45) is 6.43. The van der Waals surface area contributed by atoms with Gasteiger partial charge in [0.05, 0.1) is 5.83 Å². The molecule has 0 unspecified atom stereocenters. The van der Waals surface area contributed by atoms with Crippen LogP contribution in [-0.4, -0.2) is 0 Å². The topological polar surface area (TPSA) is 0 Å². The van der Waals surface area contributed by atoms with Gasteiger partial charge in [0.25, 0.3) is 0 Å². The zero-order chi connectivity index (χ0) is 8.27. The summed E-state index contributed by atoms with van der Waals surface area (Å²) in [6.45, 7) is 5.20. The van der Waals surface area contributed by atoms with Crippen LogP contribution in [0.3, 0.4) is 0 Å². The molecule has 1 saturated carbocycles. The minimum atomic E-state index is -0.227. The number of allylic oxidation sites excluding steroid dienone is 3. The largest absolute Gasteiger partial charge is 0.212 e. The van der Waals surface area contributed by atoms with Gasteiger partial charge in [-0.1, -0.05) is 18.2 Å². The van der Waals surface area contributed by atoms with Gasteiger partial charge in [0, 0.05) is 6.42 Å². The number of hydrogen-bond donors (Lipinski definition) is 0. The van der Waals surface area contributed by atoms with Gasteiger partial charge in [-0.3, -0.25) is 0 Å². The fraction of sp³-hybridized carbons (Fsp3) is 0.600. The second-order valence-corrected chi connectivity index (χ2v) is 3.42. The molecule has 1 aliphatic carbocycles. The average molecular weight is 154 g/mol. The van der Waals surface area contributed by atoms with Crippen LogP contribution in [0.1, 0.15) is 32.6 Å². The van der Waals surface area contributed by atoms with E-state index in [9.17, 15) is 4.39 Å². The third kappa shape index (κ3) is 3.97. The molecule has 0 heterocycles. The molecule has 0 aromatic rings. The van der Waals surface area contributed by atoms with E-state index in [1.165, 1.54) is 12.8 Å². The Morgan fingerprint density at radius 3 is 2.73 bits per heavy atom. The summed E-state index contributed by atoms with van der Waals surface area (Å²) >= 11 is 0. The standard InChI is InChI=1S/C10H15F/c1-8(7-9(2)11)3-4-10-5-6-10/h3,10H,2,4-7H2,1H3/b8-3+. The zero-order valence-electron chi connectivity index (χ0n) is 7.07. The molecule has 0 bridgehead atoms. The lowest BCUT2D eigenvalue weighted by molar-refractivity contribution is 0.614. The predicted octanol–water partition coefficient (Wildman–Crippen LogP) is 3.61. The lowest BCUT2D eigenvalue weighted by atomic mass is 10.1. The Morgan fingerprint density at radius 2 is 2.27 bits per heavy atom. The summed E-state index contributed by atoms with van der Waals surface area (Å²) in [7, 11) is 0. The van der Waals surface area contributed by atoms with Crippen molar-refractivity contribution in [2.24, 2.45) is 5.92 Å². The smallest absolute Gasteiger partial charge is 0.0968 e. The Labute approximate surface area is 67.8 Å². The molecule has 0 radical (unpaired) electrons. The summed E-state index contributed by atoms with van der Waals surface area (Å²) in [5, 5.41) is 0. The van der Waals surface area contributed by atoms with Crippen LogP contribution in [0.5, 0.6) is 0 Å². The second-order valence-electron chi connectivity index (χ2n) is 3.42. The van der Waals surface area contributed by atoms with Gasteiger partial charge < -0.3 is 0 Å². The maximum absolute atomic E-state index is 12.3. The summed E-state index contributed by atoms with van der Waals surface area (Å²) in [5.74, 6) is 0.673. The van der Waals surface area contributed by atoms with Crippen LogP contribution in [0.2, 0.25) is 0 Å². The van der Waals surface area contributed by atoms with E-state index in [2.05, 4.69) is 12.7 Å². The van der Waals surface area contributed by atoms with Crippen LogP contribution in [0.15, 0.2) is 24.1 Å². The third-order valence-electron chi connectivity index (χ3n) is 1.97. The van der Waals surface area contributed by atoms with Crippen molar-refractivity contribution in [1.82, 2.24) is 0 Å². The minimum absolute atomic E-state index is 0.227. The molecule has 11 heavy (non-hydrogen) atoms. The lowest BCUT2D eigenvalue weighted by Gasteiger charge is -1.96. The average Bonchev–Trinajstić information content (AvgIpc) is 2.63. The Balaban J connectivity index is 2.20. The van der Waals surface area contributed by atoms with Gasteiger partial charge in [0.1, 0.15) is 0 Å². The first-order chi connectivity index (χ1) is 5.18. The van der Waals surface area contributed by atoms with Crippen molar-refractivity contribution in [3.05, 3.63) is 24.1 Å². The third-order valence-corrected chi connectivity index (χ3v) is 1.97. The molecule has 1 aliphatic rings. The molecular weight excluding hydrogens is 139 g/mol. The molecule has 0 N–H and O–H groups in total. The van der Waals surface area contributed by atoms with Gasteiger partial charge in [-0.2, -0.15) is 0 Å². The minimum Gasteiger partial charge on any atom is -0.212 e. The van der Waals surface area contributed by atoms with Crippen LogP contribution in [0.25, 0.3) is 0 Å². The summed E-state index contributed by atoms with van der Waals surface area (Å²) in [4.78, 5) is 0. The fourth-order valence-corrected chi connectivity index (χ4v) is 1.10. The highest BCUT2D eigenvalue weighted by Gasteiger charge is 2.19. The molecule has 1 rings (SSSR count). The molecular formula is C10H15F. The Kier molecular flexibility index (Phi) is 2.86. The number of halogens is 1. The molecule has 0 aromatic carbocycles. The van der Waals surface area contributed by atoms with E-state index in [0.717, 1.165) is 17.9 Å². The number of hydrogen-bond acceptors (Lipinski definition) is 0. The maximum Gasteiger partial charge on any atom is 0.0968 e. The van der Waals surface area contributed by atoms with Crippen LogP contribution < -0.4 is 0 Å². The molecule has 1 fully saturated rings. The molecule has 0 saturated heterocycles. The Hall–Kier alpha value is -0.590. The van der Waals surface area contributed by atoms with E-state index in [1.807, 2.05) is 6.92 Å². The first kappa shape index (κ1) is 8.51. The first-order valence-corrected chi connectivity index (χ1v) is 4.17. The van der Waals surface area contributed by atoms with Gasteiger partial charge in [0.2, 0.25) is 0 Å². The van der Waals surface area contributed by atoms with Crippen molar-refractivity contribution >= 4 is 0 Å². The number of rotatable bonds is 4. The van der Waals surface area contributed by atoms with Crippen molar-refractivity contribution in [3.63, 3.8) is 0 Å². The highest BCUT2D eigenvalue weighted by Crippen LogP contribution is 2.33. The van der Waals surface area contributed by atoms with Crippen molar-refractivity contribution < 1.29 is 4.39 Å². The van der Waals surface area contributed by atoms with Gasteiger partial charge in [0.15, 0.2) is 0 Å². The van der Waals surface area contributed by atoms with Gasteiger partial charge in [-0.15, -0.1) is 0 Å². The predicted molar refractivity (Wildman–Crippen MR) is 46.0 cm³/mol. The van der Waals surface area contributed by atoms with Gasteiger partial charge in [-0.05, 0) is 32.1 Å². The first-order valence-electron chi connectivity index (χ1n) is 4.17. The van der Waals surface area contributed by atoms with Crippen molar-refractivity contribution in [2.75, 3.05) is 0 Å². The van der Waals surface area contributed by atoms with Crippen LogP contribution >= 0.6 is 0 Å². The maximum atomic E-state index is 12.3. The summed E-state index contributed by atoms with van der Waals surface area (Å²) < 4.78 is 12.3. The van der Waals surface area contributed by atoms with E-state index in [1.54, 1.807) is 0 Å². The fourth-order valence-electron chi connectivity index (χ4n) is 1.10. The summed E-state index contributed by atoms with van der Waals surface area (Å²) in [6, 6.07) is 0.